The number of carbonyl (C=O) groups excluding carboxylic acids is 3. The van der Waals surface area contributed by atoms with Gasteiger partial charge in [-0.25, -0.2) is 0 Å². The summed E-state index contributed by atoms with van der Waals surface area (Å²) in [4.78, 5) is 38.5. The predicted octanol–water partition coefficient (Wildman–Crippen LogP) is 4.16. The maximum absolute atomic E-state index is 12.6. The highest BCUT2D eigenvalue weighted by atomic mass is 32.2. The summed E-state index contributed by atoms with van der Waals surface area (Å²) < 4.78 is 11.1. The van der Waals surface area contributed by atoms with Crippen LogP contribution in [-0.2, 0) is 9.59 Å². The van der Waals surface area contributed by atoms with Gasteiger partial charge in [0.15, 0.2) is 18.1 Å². The van der Waals surface area contributed by atoms with Gasteiger partial charge >= 0.3 is 0 Å². The Morgan fingerprint density at radius 1 is 1.13 bits per heavy atom. The second-order valence-corrected chi connectivity index (χ2v) is 7.72. The van der Waals surface area contributed by atoms with E-state index in [1.165, 1.54) is 12.0 Å². The summed E-state index contributed by atoms with van der Waals surface area (Å²) in [5.41, 5.74) is 1.20. The van der Waals surface area contributed by atoms with Crippen molar-refractivity contribution in [2.75, 3.05) is 19.0 Å². The van der Waals surface area contributed by atoms with Crippen LogP contribution in [0.5, 0.6) is 11.5 Å². The van der Waals surface area contributed by atoms with E-state index in [4.69, 9.17) is 9.47 Å². The van der Waals surface area contributed by atoms with Crippen LogP contribution >= 0.6 is 11.8 Å². The first-order valence-corrected chi connectivity index (χ1v) is 10.1. The number of carbonyl (C=O) groups is 3. The van der Waals surface area contributed by atoms with Crippen LogP contribution in [0.2, 0.25) is 0 Å². The largest absolute Gasteiger partial charge is 0.493 e. The van der Waals surface area contributed by atoms with Crippen LogP contribution in [-0.4, -0.2) is 41.7 Å². The average molecular weight is 426 g/mol. The Morgan fingerprint density at radius 2 is 1.87 bits per heavy atom. The fourth-order valence-corrected chi connectivity index (χ4v) is 3.84. The molecule has 0 aliphatic carbocycles. The van der Waals surface area contributed by atoms with Crippen LogP contribution in [0, 0.1) is 0 Å². The normalized spacial score (nSPS) is 15.1. The molecule has 3 rings (SSSR count). The number of hydrogen-bond acceptors (Lipinski definition) is 6. The van der Waals surface area contributed by atoms with E-state index < -0.39 is 0 Å². The molecule has 1 heterocycles. The molecule has 1 N–H and O–H groups in total. The van der Waals surface area contributed by atoms with E-state index in [1.807, 2.05) is 18.2 Å². The predicted molar refractivity (Wildman–Crippen MR) is 117 cm³/mol. The van der Waals surface area contributed by atoms with Crippen LogP contribution in [0.1, 0.15) is 19.4 Å². The number of nitrogens with one attached hydrogen (secondary N) is 1. The molecule has 0 radical (unpaired) electrons. The summed E-state index contributed by atoms with van der Waals surface area (Å²) in [6.07, 6.45) is 1.58. The Kier molecular flexibility index (Phi) is 6.79. The van der Waals surface area contributed by atoms with Crippen LogP contribution in [0.3, 0.4) is 0 Å². The lowest BCUT2D eigenvalue weighted by Gasteiger charge is -2.16. The fraction of sp³-hybridized carbons (Fsp3) is 0.227. The van der Waals surface area contributed by atoms with Crippen molar-refractivity contribution in [3.05, 3.63) is 59.0 Å². The topological polar surface area (TPSA) is 84.9 Å². The molecule has 0 saturated carbocycles. The van der Waals surface area contributed by atoms with E-state index in [9.17, 15) is 14.4 Å². The van der Waals surface area contributed by atoms with Crippen molar-refractivity contribution in [1.82, 2.24) is 4.90 Å². The number of amides is 3. The first-order valence-electron chi connectivity index (χ1n) is 9.32. The summed E-state index contributed by atoms with van der Waals surface area (Å²) >= 11 is 0.876. The van der Waals surface area contributed by atoms with E-state index in [-0.39, 0.29) is 29.7 Å². The third-order valence-corrected chi connectivity index (χ3v) is 5.14. The summed E-state index contributed by atoms with van der Waals surface area (Å²) in [5.74, 6) is 0.0488. The number of para-hydroxylation sites is 2. The zero-order chi connectivity index (χ0) is 21.7. The van der Waals surface area contributed by atoms with Crippen molar-refractivity contribution < 1.29 is 23.9 Å². The van der Waals surface area contributed by atoms with Crippen molar-refractivity contribution in [1.29, 1.82) is 0 Å². The molecule has 0 atom stereocenters. The fourth-order valence-electron chi connectivity index (χ4n) is 2.88. The van der Waals surface area contributed by atoms with Gasteiger partial charge in [0.1, 0.15) is 0 Å². The van der Waals surface area contributed by atoms with Gasteiger partial charge in [-0.05, 0) is 49.9 Å². The highest BCUT2D eigenvalue weighted by Crippen LogP contribution is 2.38. The number of hydrogen-bond donors (Lipinski definition) is 1. The molecule has 1 aliphatic rings. The molecule has 2 aromatic rings. The lowest BCUT2D eigenvalue weighted by Crippen LogP contribution is -2.34. The van der Waals surface area contributed by atoms with Crippen LogP contribution in [0.25, 0.3) is 6.08 Å². The molecule has 2 aromatic carbocycles. The minimum Gasteiger partial charge on any atom is -0.493 e. The number of benzene rings is 2. The van der Waals surface area contributed by atoms with E-state index in [0.717, 1.165) is 11.8 Å². The van der Waals surface area contributed by atoms with Gasteiger partial charge in [0.25, 0.3) is 17.1 Å². The van der Waals surface area contributed by atoms with Gasteiger partial charge in [-0.15, -0.1) is 0 Å². The molecule has 1 fully saturated rings. The standard InChI is InChI=1S/C22H22N2O5S/c1-14(2)24-21(26)18(30-22(24)27)12-15-8-7-11-17(28-3)20(15)29-13-19(25)23-16-9-5-4-6-10-16/h4-12,14H,13H2,1-3H3,(H,23,25)/b18-12+. The average Bonchev–Trinajstić information content (AvgIpc) is 3.00. The smallest absolute Gasteiger partial charge is 0.293 e. The van der Waals surface area contributed by atoms with Crippen LogP contribution in [0.15, 0.2) is 53.4 Å². The minimum atomic E-state index is -0.351. The zero-order valence-corrected chi connectivity index (χ0v) is 17.7. The molecule has 1 aliphatic heterocycles. The van der Waals surface area contributed by atoms with Gasteiger partial charge in [0.05, 0.1) is 12.0 Å². The molecule has 156 valence electrons. The molecule has 1 saturated heterocycles. The van der Waals surface area contributed by atoms with Gasteiger partial charge in [-0.1, -0.05) is 30.3 Å². The third kappa shape index (κ3) is 4.83. The van der Waals surface area contributed by atoms with Crippen LogP contribution < -0.4 is 14.8 Å². The Morgan fingerprint density at radius 3 is 2.50 bits per heavy atom. The molecule has 0 spiro atoms. The number of imide groups is 1. The zero-order valence-electron chi connectivity index (χ0n) is 16.9. The van der Waals surface area contributed by atoms with Crippen molar-refractivity contribution in [3.8, 4) is 11.5 Å². The summed E-state index contributed by atoms with van der Waals surface area (Å²) in [6.45, 7) is 3.32. The lowest BCUT2D eigenvalue weighted by atomic mass is 10.1. The maximum atomic E-state index is 12.6. The first-order chi connectivity index (χ1) is 14.4. The molecular formula is C22H22N2O5S. The van der Waals surface area contributed by atoms with Crippen LogP contribution in [0.4, 0.5) is 10.5 Å². The van der Waals surface area contributed by atoms with Crippen molar-refractivity contribution in [2.45, 2.75) is 19.9 Å². The number of anilines is 1. The SMILES string of the molecule is COc1cccc(/C=C2/SC(=O)N(C(C)C)C2=O)c1OCC(=O)Nc1ccccc1. The number of methoxy groups -OCH3 is 1. The van der Waals surface area contributed by atoms with Crippen molar-refractivity contribution in [2.24, 2.45) is 0 Å². The second kappa shape index (κ2) is 9.49. The van der Waals surface area contributed by atoms with Gasteiger partial charge < -0.3 is 14.8 Å². The molecule has 0 aromatic heterocycles. The Balaban J connectivity index is 1.81. The summed E-state index contributed by atoms with van der Waals surface area (Å²) in [6, 6.07) is 14.0. The highest BCUT2D eigenvalue weighted by molar-refractivity contribution is 8.18. The van der Waals surface area contributed by atoms with E-state index in [2.05, 4.69) is 5.32 Å². The second-order valence-electron chi connectivity index (χ2n) is 6.73. The molecule has 0 unspecified atom stereocenters. The Hall–Kier alpha value is -3.26. The van der Waals surface area contributed by atoms with E-state index in [1.54, 1.807) is 50.3 Å². The van der Waals surface area contributed by atoms with Gasteiger partial charge in [-0.3, -0.25) is 19.3 Å². The quantitative estimate of drug-likeness (QED) is 0.670. The first kappa shape index (κ1) is 21.4. The van der Waals surface area contributed by atoms with Gasteiger partial charge in [-0.2, -0.15) is 0 Å². The molecule has 7 nitrogen and oxygen atoms in total. The molecule has 30 heavy (non-hydrogen) atoms. The number of nitrogens with zero attached hydrogens (tertiary/aromatic N) is 1. The highest BCUT2D eigenvalue weighted by Gasteiger charge is 2.36. The number of rotatable bonds is 7. The molecular weight excluding hydrogens is 404 g/mol. The van der Waals surface area contributed by atoms with Crippen molar-refractivity contribution >= 4 is 40.6 Å². The van der Waals surface area contributed by atoms with Gasteiger partial charge in [0, 0.05) is 17.3 Å². The Bertz CT molecular complexity index is 988. The van der Waals surface area contributed by atoms with Gasteiger partial charge in [0.2, 0.25) is 0 Å². The van der Waals surface area contributed by atoms with Crippen molar-refractivity contribution in [3.63, 3.8) is 0 Å². The van der Waals surface area contributed by atoms with E-state index >= 15 is 0 Å². The summed E-state index contributed by atoms with van der Waals surface area (Å²) in [7, 11) is 1.49. The minimum absolute atomic E-state index is 0.230. The van der Waals surface area contributed by atoms with E-state index in [0.29, 0.717) is 27.7 Å². The molecule has 3 amide bonds. The maximum Gasteiger partial charge on any atom is 0.293 e. The summed E-state index contributed by atoms with van der Waals surface area (Å²) in [5, 5.41) is 2.43. The number of thioether (sulfide) groups is 1. The lowest BCUT2D eigenvalue weighted by molar-refractivity contribution is -0.123. The molecule has 0 bridgehead atoms. The number of ether oxygens (including phenoxy) is 2. The third-order valence-electron chi connectivity index (χ3n) is 4.26. The monoisotopic (exact) mass is 426 g/mol. The molecule has 8 heteroatoms. The Labute approximate surface area is 179 Å².